The topological polar surface area (TPSA) is 41.6 Å². The Kier molecular flexibility index (Phi) is 3.30. The van der Waals surface area contributed by atoms with Gasteiger partial charge in [0.25, 0.3) is 0 Å². The highest BCUT2D eigenvalue weighted by Gasteiger charge is 2.60. The Balaban J connectivity index is 1.53. The van der Waals surface area contributed by atoms with Crippen LogP contribution in [0, 0.1) is 11.3 Å². The maximum Gasteiger partial charge on any atom is 0.244 e. The van der Waals surface area contributed by atoms with Gasteiger partial charge in [-0.25, -0.2) is 0 Å². The van der Waals surface area contributed by atoms with E-state index < -0.39 is 0 Å². The highest BCUT2D eigenvalue weighted by atomic mass is 16.5. The molecule has 4 aliphatic rings. The quantitative estimate of drug-likeness (QED) is 0.868. The lowest BCUT2D eigenvalue weighted by molar-refractivity contribution is -0.134. The van der Waals surface area contributed by atoms with E-state index in [1.165, 1.54) is 25.7 Å². The van der Waals surface area contributed by atoms with E-state index in [1.807, 2.05) is 0 Å². The molecule has 4 nitrogen and oxygen atoms in total. The van der Waals surface area contributed by atoms with Gasteiger partial charge in [-0.3, -0.25) is 10.1 Å². The molecule has 0 aromatic rings. The highest BCUT2D eigenvalue weighted by Crippen LogP contribution is 2.47. The molecule has 1 unspecified atom stereocenters. The summed E-state index contributed by atoms with van der Waals surface area (Å²) in [5.74, 6) is 1.07. The third kappa shape index (κ3) is 2.40. The summed E-state index contributed by atoms with van der Waals surface area (Å²) >= 11 is 0. The number of ether oxygens (including phenoxy) is 1. The van der Waals surface area contributed by atoms with Crippen LogP contribution in [0.25, 0.3) is 0 Å². The summed E-state index contributed by atoms with van der Waals surface area (Å²) < 4.78 is 5.52. The van der Waals surface area contributed by atoms with Gasteiger partial charge in [0.2, 0.25) is 5.91 Å². The van der Waals surface area contributed by atoms with E-state index in [0.29, 0.717) is 18.0 Å². The average Bonchev–Trinajstić information content (AvgIpc) is 2.96. The van der Waals surface area contributed by atoms with Crippen molar-refractivity contribution < 1.29 is 9.53 Å². The minimum absolute atomic E-state index is 0.158. The summed E-state index contributed by atoms with van der Waals surface area (Å²) in [6.45, 7) is 4.97. The molecule has 1 spiro atoms. The van der Waals surface area contributed by atoms with Crippen molar-refractivity contribution in [3.8, 4) is 0 Å². The monoisotopic (exact) mass is 292 g/mol. The second-order valence-electron chi connectivity index (χ2n) is 8.07. The number of amides is 1. The molecule has 118 valence electrons. The third-order valence-corrected chi connectivity index (χ3v) is 6.28. The van der Waals surface area contributed by atoms with Gasteiger partial charge in [0.1, 0.15) is 0 Å². The van der Waals surface area contributed by atoms with Crippen LogP contribution in [0.5, 0.6) is 0 Å². The first-order valence-electron chi connectivity index (χ1n) is 8.79. The summed E-state index contributed by atoms with van der Waals surface area (Å²) in [4.78, 5) is 15.1. The van der Waals surface area contributed by atoms with Crippen LogP contribution >= 0.6 is 0 Å². The van der Waals surface area contributed by atoms with E-state index in [1.54, 1.807) is 0 Å². The van der Waals surface area contributed by atoms with Crippen molar-refractivity contribution in [1.29, 1.82) is 0 Å². The van der Waals surface area contributed by atoms with Crippen LogP contribution in [0.1, 0.15) is 58.3 Å². The first-order valence-corrected chi connectivity index (χ1v) is 8.79. The fourth-order valence-corrected chi connectivity index (χ4v) is 4.56. The van der Waals surface area contributed by atoms with Crippen LogP contribution in [0.2, 0.25) is 0 Å². The molecule has 1 N–H and O–H groups in total. The summed E-state index contributed by atoms with van der Waals surface area (Å²) in [7, 11) is 0. The summed E-state index contributed by atoms with van der Waals surface area (Å²) in [6, 6.07) is 0. The normalized spacial score (nSPS) is 34.8. The van der Waals surface area contributed by atoms with Crippen LogP contribution in [-0.2, 0) is 9.53 Å². The molecule has 2 aliphatic heterocycles. The molecule has 0 bridgehead atoms. The molecule has 0 aromatic heterocycles. The van der Waals surface area contributed by atoms with Crippen molar-refractivity contribution >= 4 is 5.91 Å². The Labute approximate surface area is 127 Å². The zero-order chi connectivity index (χ0) is 14.5. The Hall–Kier alpha value is -0.610. The van der Waals surface area contributed by atoms with Gasteiger partial charge in [0.15, 0.2) is 0 Å². The number of carbonyl (C=O) groups is 1. The van der Waals surface area contributed by atoms with Crippen LogP contribution in [0.15, 0.2) is 0 Å². The molecular weight excluding hydrogens is 264 g/mol. The fourth-order valence-electron chi connectivity index (χ4n) is 4.56. The van der Waals surface area contributed by atoms with Crippen molar-refractivity contribution in [2.24, 2.45) is 11.3 Å². The summed E-state index contributed by atoms with van der Waals surface area (Å²) in [5, 5.41) is 3.74. The standard InChI is InChI=1S/C17H28N2O2/c1-16(8-10-21-11-9-16)12-19-14(13-4-2-3-5-13)18-17(6-7-17)15(19)20/h13-14,18H,2-12H2,1H3. The Morgan fingerprint density at radius 1 is 1.19 bits per heavy atom. The predicted octanol–water partition coefficient (Wildman–Crippen LogP) is 2.28. The number of carbonyl (C=O) groups excluding carboxylic acids is 1. The molecule has 21 heavy (non-hydrogen) atoms. The van der Waals surface area contributed by atoms with Crippen molar-refractivity contribution in [3.63, 3.8) is 0 Å². The molecule has 4 fully saturated rings. The number of nitrogens with zero attached hydrogens (tertiary/aromatic N) is 1. The second kappa shape index (κ2) is 4.95. The Morgan fingerprint density at radius 3 is 2.48 bits per heavy atom. The zero-order valence-corrected chi connectivity index (χ0v) is 13.2. The minimum Gasteiger partial charge on any atom is -0.381 e. The van der Waals surface area contributed by atoms with Crippen LogP contribution in [0.4, 0.5) is 0 Å². The van der Waals surface area contributed by atoms with E-state index >= 15 is 0 Å². The molecule has 1 atom stereocenters. The molecule has 2 saturated carbocycles. The maximum atomic E-state index is 12.9. The lowest BCUT2D eigenvalue weighted by Gasteiger charge is -2.40. The predicted molar refractivity (Wildman–Crippen MR) is 80.7 cm³/mol. The average molecular weight is 292 g/mol. The molecule has 1 amide bonds. The van der Waals surface area contributed by atoms with Gasteiger partial charge in [-0.2, -0.15) is 0 Å². The van der Waals surface area contributed by atoms with E-state index in [-0.39, 0.29) is 11.0 Å². The molecular formula is C17H28N2O2. The van der Waals surface area contributed by atoms with Crippen molar-refractivity contribution in [3.05, 3.63) is 0 Å². The lowest BCUT2D eigenvalue weighted by Crippen LogP contribution is -2.48. The molecule has 2 saturated heterocycles. The van der Waals surface area contributed by atoms with Gasteiger partial charge >= 0.3 is 0 Å². The fraction of sp³-hybridized carbons (Fsp3) is 0.941. The number of hydrogen-bond donors (Lipinski definition) is 1. The van der Waals surface area contributed by atoms with Gasteiger partial charge < -0.3 is 9.64 Å². The van der Waals surface area contributed by atoms with E-state index in [0.717, 1.165) is 45.4 Å². The van der Waals surface area contributed by atoms with Crippen LogP contribution in [0.3, 0.4) is 0 Å². The van der Waals surface area contributed by atoms with Gasteiger partial charge in [-0.15, -0.1) is 0 Å². The minimum atomic E-state index is -0.158. The molecule has 4 heteroatoms. The summed E-state index contributed by atoms with van der Waals surface area (Å²) in [5.41, 5.74) is 0.0850. The molecule has 2 heterocycles. The molecule has 2 aliphatic carbocycles. The number of nitrogens with one attached hydrogen (secondary N) is 1. The first kappa shape index (κ1) is 14.0. The van der Waals surface area contributed by atoms with Crippen molar-refractivity contribution in [2.75, 3.05) is 19.8 Å². The third-order valence-electron chi connectivity index (χ3n) is 6.28. The van der Waals surface area contributed by atoms with Crippen molar-refractivity contribution in [2.45, 2.75) is 70.0 Å². The van der Waals surface area contributed by atoms with Crippen molar-refractivity contribution in [1.82, 2.24) is 10.2 Å². The Morgan fingerprint density at radius 2 is 1.86 bits per heavy atom. The summed E-state index contributed by atoms with van der Waals surface area (Å²) in [6.07, 6.45) is 9.82. The van der Waals surface area contributed by atoms with Gasteiger partial charge in [-0.05, 0) is 49.9 Å². The number of rotatable bonds is 3. The zero-order valence-electron chi connectivity index (χ0n) is 13.2. The van der Waals surface area contributed by atoms with E-state index in [4.69, 9.17) is 4.74 Å². The highest BCUT2D eigenvalue weighted by molar-refractivity contribution is 5.91. The smallest absolute Gasteiger partial charge is 0.244 e. The molecule has 0 aromatic carbocycles. The van der Waals surface area contributed by atoms with Gasteiger partial charge in [-0.1, -0.05) is 19.8 Å². The van der Waals surface area contributed by atoms with E-state index in [2.05, 4.69) is 17.1 Å². The first-order chi connectivity index (χ1) is 10.1. The molecule has 4 rings (SSSR count). The van der Waals surface area contributed by atoms with Crippen LogP contribution in [-0.4, -0.2) is 42.3 Å². The van der Waals surface area contributed by atoms with Crippen LogP contribution < -0.4 is 5.32 Å². The van der Waals surface area contributed by atoms with Gasteiger partial charge in [0, 0.05) is 19.8 Å². The second-order valence-corrected chi connectivity index (χ2v) is 8.07. The Bertz CT molecular complexity index is 421. The number of hydrogen-bond acceptors (Lipinski definition) is 3. The lowest BCUT2D eigenvalue weighted by atomic mass is 9.81. The SMILES string of the molecule is CC1(CN2C(=O)C3(CC3)NC2C2CCCC2)CCOCC1. The largest absolute Gasteiger partial charge is 0.381 e. The van der Waals surface area contributed by atoms with Gasteiger partial charge in [0.05, 0.1) is 11.7 Å². The maximum absolute atomic E-state index is 12.9. The molecule has 0 radical (unpaired) electrons. The van der Waals surface area contributed by atoms with E-state index in [9.17, 15) is 4.79 Å².